The first-order valence-electron chi connectivity index (χ1n) is 8.43. The van der Waals surface area contributed by atoms with E-state index in [1.807, 2.05) is 13.8 Å². The number of unbranched alkanes of at least 4 members (excludes halogenated alkanes) is 3. The summed E-state index contributed by atoms with van der Waals surface area (Å²) < 4.78 is 0. The molecule has 0 aromatic rings. The minimum absolute atomic E-state index is 0.365. The first-order chi connectivity index (χ1) is 9.32. The van der Waals surface area contributed by atoms with Crippen LogP contribution in [0.1, 0.15) is 73.1 Å². The van der Waals surface area contributed by atoms with Gasteiger partial charge in [-0.25, -0.2) is 0 Å². The summed E-state index contributed by atoms with van der Waals surface area (Å²) >= 11 is 0. The molecule has 2 nitrogen and oxygen atoms in total. The van der Waals surface area contributed by atoms with Gasteiger partial charge < -0.3 is 0 Å². The van der Waals surface area contributed by atoms with Gasteiger partial charge in [0.15, 0.2) is 0 Å². The zero-order chi connectivity index (χ0) is 15.5. The molecule has 3 heteroatoms. The molecule has 1 fully saturated rings. The summed E-state index contributed by atoms with van der Waals surface area (Å²) in [6, 6.07) is 0. The van der Waals surface area contributed by atoms with E-state index in [2.05, 4.69) is 20.8 Å². The molecule has 0 aliphatic carbocycles. The molecule has 0 aromatic carbocycles. The van der Waals surface area contributed by atoms with Gasteiger partial charge in [0.2, 0.25) is 0 Å². The van der Waals surface area contributed by atoms with E-state index in [4.69, 9.17) is 0 Å². The first-order valence-corrected chi connectivity index (χ1v) is 11.2. The second-order valence-corrected chi connectivity index (χ2v) is 12.8. The van der Waals surface area contributed by atoms with E-state index in [0.717, 1.165) is 57.0 Å². The third kappa shape index (κ3) is 2.39. The van der Waals surface area contributed by atoms with Gasteiger partial charge in [-0.2, -0.15) is 0 Å². The molecule has 20 heavy (non-hydrogen) atoms. The van der Waals surface area contributed by atoms with E-state index >= 15 is 0 Å². The van der Waals surface area contributed by atoms with E-state index < -0.39 is 12.0 Å². The van der Waals surface area contributed by atoms with Crippen LogP contribution < -0.4 is 0 Å². The monoisotopic (exact) mass is 300 g/mol. The second kappa shape index (κ2) is 6.26. The van der Waals surface area contributed by atoms with Crippen LogP contribution in [0.2, 0.25) is 0 Å². The summed E-state index contributed by atoms with van der Waals surface area (Å²) in [5.74, 6) is 0. The Kier molecular flexibility index (Phi) is 5.58. The Morgan fingerprint density at radius 3 is 1.30 bits per heavy atom. The SMILES string of the molecule is CCCCP1(CCCC)(CCCC)C(=O)C(C)(C)C1=O. The third-order valence-electron chi connectivity index (χ3n) is 5.29. The number of hydrogen-bond acceptors (Lipinski definition) is 2. The Balaban J connectivity index is 3.21. The van der Waals surface area contributed by atoms with Crippen molar-refractivity contribution in [3.05, 3.63) is 0 Å². The maximum absolute atomic E-state index is 13.1. The van der Waals surface area contributed by atoms with Crippen LogP contribution in [-0.4, -0.2) is 29.5 Å². The molecule has 0 spiro atoms. The zero-order valence-electron chi connectivity index (χ0n) is 14.1. The van der Waals surface area contributed by atoms with Gasteiger partial charge in [-0.05, 0) is 0 Å². The summed E-state index contributed by atoms with van der Waals surface area (Å²) in [5.41, 5.74) is 0.0419. The fourth-order valence-corrected chi connectivity index (χ4v) is 12.4. The Morgan fingerprint density at radius 2 is 1.05 bits per heavy atom. The van der Waals surface area contributed by atoms with Crippen molar-refractivity contribution >= 4 is 17.7 Å². The van der Waals surface area contributed by atoms with E-state index in [9.17, 15) is 9.59 Å². The van der Waals surface area contributed by atoms with Crippen LogP contribution in [0.25, 0.3) is 0 Å². The van der Waals surface area contributed by atoms with Crippen LogP contribution in [0.4, 0.5) is 0 Å². The molecule has 0 aromatic heterocycles. The number of carbonyl (C=O) groups is 2. The molecule has 0 bridgehead atoms. The van der Waals surface area contributed by atoms with Crippen molar-refractivity contribution in [3.8, 4) is 0 Å². The van der Waals surface area contributed by atoms with E-state index in [1.165, 1.54) is 0 Å². The van der Waals surface area contributed by atoms with Gasteiger partial charge in [-0.3, -0.25) is 0 Å². The summed E-state index contributed by atoms with van der Waals surface area (Å²) in [7, 11) is 0. The van der Waals surface area contributed by atoms with Gasteiger partial charge in [0.05, 0.1) is 0 Å². The van der Waals surface area contributed by atoms with Crippen molar-refractivity contribution < 1.29 is 9.59 Å². The van der Waals surface area contributed by atoms with Crippen molar-refractivity contribution in [3.63, 3.8) is 0 Å². The van der Waals surface area contributed by atoms with Crippen molar-refractivity contribution in [1.82, 2.24) is 0 Å². The molecule has 0 amide bonds. The third-order valence-corrected chi connectivity index (χ3v) is 12.7. The Hall–Kier alpha value is -0.230. The average molecular weight is 300 g/mol. The van der Waals surface area contributed by atoms with Gasteiger partial charge >= 0.3 is 124 Å². The molecule has 1 heterocycles. The van der Waals surface area contributed by atoms with Gasteiger partial charge in [-0.1, -0.05) is 0 Å². The Morgan fingerprint density at radius 1 is 0.750 bits per heavy atom. The van der Waals surface area contributed by atoms with Crippen LogP contribution in [0.3, 0.4) is 0 Å². The maximum atomic E-state index is 13.1. The molecule has 0 radical (unpaired) electrons. The van der Waals surface area contributed by atoms with Crippen LogP contribution in [-0.2, 0) is 9.59 Å². The van der Waals surface area contributed by atoms with Crippen LogP contribution in [0.15, 0.2) is 0 Å². The predicted molar refractivity (Wildman–Crippen MR) is 90.0 cm³/mol. The molecule has 0 saturated carbocycles. The second-order valence-electron chi connectivity index (χ2n) is 7.20. The summed E-state index contributed by atoms with van der Waals surface area (Å²) in [6.45, 7) is 7.42. The van der Waals surface area contributed by atoms with E-state index in [0.29, 0.717) is 11.0 Å². The van der Waals surface area contributed by atoms with Gasteiger partial charge in [0.1, 0.15) is 0 Å². The quantitative estimate of drug-likeness (QED) is 0.442. The fraction of sp³-hybridized carbons (Fsp3) is 0.882. The molecule has 1 aliphatic rings. The van der Waals surface area contributed by atoms with E-state index in [-0.39, 0.29) is 0 Å². The summed E-state index contributed by atoms with van der Waals surface area (Å²) in [4.78, 5) is 26.2. The van der Waals surface area contributed by atoms with Crippen molar-refractivity contribution in [2.45, 2.75) is 73.1 Å². The standard InChI is InChI=1S/C17H33O2P/c1-6-9-12-20(13-10-7-2,14-11-8-3)15(18)17(4,5)16(20)19/h6-14H2,1-5H3. The Labute approximate surface area is 125 Å². The van der Waals surface area contributed by atoms with Crippen LogP contribution >= 0.6 is 6.60 Å². The summed E-state index contributed by atoms with van der Waals surface area (Å²) in [5, 5.41) is 0. The van der Waals surface area contributed by atoms with Crippen molar-refractivity contribution in [1.29, 1.82) is 0 Å². The summed E-state index contributed by atoms with van der Waals surface area (Å²) in [6.07, 6.45) is 9.08. The van der Waals surface area contributed by atoms with Gasteiger partial charge in [-0.15, -0.1) is 0 Å². The molecular formula is C17H33O2P. The Bertz CT molecular complexity index is 338. The molecular weight excluding hydrogens is 267 g/mol. The first kappa shape index (κ1) is 17.8. The molecule has 0 N–H and O–H groups in total. The van der Waals surface area contributed by atoms with Gasteiger partial charge in [0.25, 0.3) is 0 Å². The topological polar surface area (TPSA) is 34.1 Å². The van der Waals surface area contributed by atoms with Crippen LogP contribution in [0, 0.1) is 5.41 Å². The van der Waals surface area contributed by atoms with Crippen LogP contribution in [0.5, 0.6) is 0 Å². The molecule has 118 valence electrons. The zero-order valence-corrected chi connectivity index (χ0v) is 15.0. The van der Waals surface area contributed by atoms with E-state index in [1.54, 1.807) is 0 Å². The van der Waals surface area contributed by atoms with Gasteiger partial charge in [0, 0.05) is 0 Å². The number of carbonyl (C=O) groups excluding carboxylic acids is 2. The minimum atomic E-state index is -2.77. The molecule has 1 aliphatic heterocycles. The molecule has 1 saturated heterocycles. The van der Waals surface area contributed by atoms with Crippen molar-refractivity contribution in [2.75, 3.05) is 18.5 Å². The number of hydrogen-bond donors (Lipinski definition) is 0. The molecule has 0 atom stereocenters. The predicted octanol–water partition coefficient (Wildman–Crippen LogP) is 5.03. The normalized spacial score (nSPS) is 24.8. The molecule has 0 unspecified atom stereocenters. The molecule has 1 rings (SSSR count). The number of rotatable bonds is 9. The fourth-order valence-electron chi connectivity index (χ4n) is 4.16. The average Bonchev–Trinajstić information content (AvgIpc) is 2.46. The van der Waals surface area contributed by atoms with Crippen molar-refractivity contribution in [2.24, 2.45) is 5.41 Å².